The topological polar surface area (TPSA) is 51.2 Å². The van der Waals surface area contributed by atoms with Crippen LogP contribution in [0, 0.1) is 0 Å². The maximum absolute atomic E-state index is 14.1. The number of aromatic nitrogens is 1. The Morgan fingerprint density at radius 1 is 0.875 bits per heavy atom. The van der Waals surface area contributed by atoms with Gasteiger partial charge < -0.3 is 10.1 Å². The van der Waals surface area contributed by atoms with Crippen LogP contribution in [0.2, 0.25) is 5.02 Å². The molecule has 32 heavy (non-hydrogen) atoms. The average molecular weight is 443 g/mol. The highest BCUT2D eigenvalue weighted by atomic mass is 35.5. The zero-order valence-electron chi connectivity index (χ0n) is 17.7. The third kappa shape index (κ3) is 4.51. The predicted molar refractivity (Wildman–Crippen MR) is 128 cm³/mol. The SMILES string of the molecule is COc1ccc(NC(=O)C(Cc2ccc(Cl)cc2)(c2ccccc2)c2ccccc2)cn1. The largest absolute Gasteiger partial charge is 0.481 e. The molecule has 1 heterocycles. The fourth-order valence-corrected chi connectivity index (χ4v) is 4.01. The minimum Gasteiger partial charge on any atom is -0.481 e. The Bertz CT molecular complexity index is 1120. The van der Waals surface area contributed by atoms with Crippen molar-refractivity contribution in [3.63, 3.8) is 0 Å². The van der Waals surface area contributed by atoms with Crippen LogP contribution in [-0.4, -0.2) is 18.0 Å². The van der Waals surface area contributed by atoms with Crippen LogP contribution in [-0.2, 0) is 16.6 Å². The van der Waals surface area contributed by atoms with Crippen molar-refractivity contribution in [2.24, 2.45) is 0 Å². The molecule has 4 nitrogen and oxygen atoms in total. The Hall–Kier alpha value is -3.63. The first-order valence-electron chi connectivity index (χ1n) is 10.3. The van der Waals surface area contributed by atoms with Crippen molar-refractivity contribution in [1.82, 2.24) is 4.98 Å². The highest BCUT2D eigenvalue weighted by Crippen LogP contribution is 2.37. The summed E-state index contributed by atoms with van der Waals surface area (Å²) in [4.78, 5) is 18.3. The molecule has 0 aliphatic rings. The molecular weight excluding hydrogens is 420 g/mol. The first kappa shape index (κ1) is 21.6. The lowest BCUT2D eigenvalue weighted by atomic mass is 9.69. The number of hydrogen-bond acceptors (Lipinski definition) is 3. The molecule has 4 rings (SSSR count). The Labute approximate surface area is 192 Å². The second-order valence-electron chi connectivity index (χ2n) is 7.48. The molecule has 1 amide bonds. The maximum Gasteiger partial charge on any atom is 0.239 e. The van der Waals surface area contributed by atoms with Crippen molar-refractivity contribution in [2.75, 3.05) is 12.4 Å². The van der Waals surface area contributed by atoms with E-state index in [0.717, 1.165) is 16.7 Å². The summed E-state index contributed by atoms with van der Waals surface area (Å²) in [6.07, 6.45) is 2.06. The molecule has 0 unspecified atom stereocenters. The van der Waals surface area contributed by atoms with E-state index in [9.17, 15) is 4.79 Å². The molecule has 1 N–H and O–H groups in total. The number of amides is 1. The lowest BCUT2D eigenvalue weighted by molar-refractivity contribution is -0.120. The molecule has 4 aromatic rings. The number of anilines is 1. The van der Waals surface area contributed by atoms with Gasteiger partial charge in [0.25, 0.3) is 0 Å². The number of carbonyl (C=O) groups excluding carboxylic acids is 1. The number of pyridine rings is 1. The standard InChI is InChI=1S/C27H23ClN2O2/c1-32-25-17-16-24(19-29-25)30-26(31)27(21-8-4-2-5-9-21,22-10-6-3-7-11-22)18-20-12-14-23(28)15-13-20/h2-17,19H,18H2,1H3,(H,30,31). The quantitative estimate of drug-likeness (QED) is 0.387. The van der Waals surface area contributed by atoms with Gasteiger partial charge in [0.2, 0.25) is 11.8 Å². The molecule has 0 radical (unpaired) electrons. The first-order valence-corrected chi connectivity index (χ1v) is 10.7. The monoisotopic (exact) mass is 442 g/mol. The summed E-state index contributed by atoms with van der Waals surface area (Å²) >= 11 is 6.12. The zero-order chi connectivity index (χ0) is 22.4. The van der Waals surface area contributed by atoms with Crippen LogP contribution in [0.15, 0.2) is 103 Å². The predicted octanol–water partition coefficient (Wildman–Crippen LogP) is 5.91. The van der Waals surface area contributed by atoms with E-state index in [1.165, 1.54) is 0 Å². The number of methoxy groups -OCH3 is 1. The summed E-state index contributed by atoms with van der Waals surface area (Å²) in [5, 5.41) is 3.74. The Morgan fingerprint density at radius 2 is 1.47 bits per heavy atom. The lowest BCUT2D eigenvalue weighted by Crippen LogP contribution is -2.43. The minimum atomic E-state index is -0.962. The van der Waals surface area contributed by atoms with E-state index in [4.69, 9.17) is 16.3 Å². The first-order chi connectivity index (χ1) is 15.6. The molecule has 0 aliphatic heterocycles. The summed E-state index contributed by atoms with van der Waals surface area (Å²) in [7, 11) is 1.56. The van der Waals surface area contributed by atoms with E-state index in [1.54, 1.807) is 25.4 Å². The third-order valence-corrected chi connectivity index (χ3v) is 5.76. The van der Waals surface area contributed by atoms with Crippen molar-refractivity contribution in [1.29, 1.82) is 0 Å². The van der Waals surface area contributed by atoms with Crippen LogP contribution in [0.3, 0.4) is 0 Å². The third-order valence-electron chi connectivity index (χ3n) is 5.51. The van der Waals surface area contributed by atoms with E-state index >= 15 is 0 Å². The second-order valence-corrected chi connectivity index (χ2v) is 7.92. The van der Waals surface area contributed by atoms with Crippen LogP contribution < -0.4 is 10.1 Å². The Kier molecular flexibility index (Phi) is 6.52. The van der Waals surface area contributed by atoms with E-state index in [1.807, 2.05) is 84.9 Å². The van der Waals surface area contributed by atoms with Crippen molar-refractivity contribution in [3.05, 3.63) is 125 Å². The molecule has 3 aromatic carbocycles. The van der Waals surface area contributed by atoms with Gasteiger partial charge in [0, 0.05) is 11.1 Å². The van der Waals surface area contributed by atoms with Crippen molar-refractivity contribution >= 4 is 23.2 Å². The normalized spacial score (nSPS) is 11.1. The molecule has 0 saturated carbocycles. The molecule has 0 saturated heterocycles. The van der Waals surface area contributed by atoms with Gasteiger partial charge >= 0.3 is 0 Å². The van der Waals surface area contributed by atoms with E-state index in [-0.39, 0.29) is 5.91 Å². The summed E-state index contributed by atoms with van der Waals surface area (Å²) in [5.41, 5.74) is 2.45. The number of benzene rings is 3. The summed E-state index contributed by atoms with van der Waals surface area (Å²) in [5.74, 6) is 0.346. The number of carbonyl (C=O) groups is 1. The van der Waals surface area contributed by atoms with Gasteiger partial charge in [-0.2, -0.15) is 0 Å². The van der Waals surface area contributed by atoms with Gasteiger partial charge in [0.1, 0.15) is 5.41 Å². The highest BCUT2D eigenvalue weighted by Gasteiger charge is 2.42. The van der Waals surface area contributed by atoms with Crippen LogP contribution in [0.5, 0.6) is 5.88 Å². The van der Waals surface area contributed by atoms with Crippen molar-refractivity contribution in [3.8, 4) is 5.88 Å². The lowest BCUT2D eigenvalue weighted by Gasteiger charge is -2.34. The Balaban J connectivity index is 1.84. The zero-order valence-corrected chi connectivity index (χ0v) is 18.4. The molecule has 1 aromatic heterocycles. The number of nitrogens with one attached hydrogen (secondary N) is 1. The van der Waals surface area contributed by atoms with Crippen LogP contribution >= 0.6 is 11.6 Å². The molecule has 0 atom stereocenters. The van der Waals surface area contributed by atoms with Gasteiger partial charge in [0.15, 0.2) is 0 Å². The number of halogens is 1. The molecule has 160 valence electrons. The number of rotatable bonds is 7. The molecule has 0 spiro atoms. The van der Waals surface area contributed by atoms with E-state index < -0.39 is 5.41 Å². The minimum absolute atomic E-state index is 0.142. The number of hydrogen-bond donors (Lipinski definition) is 1. The summed E-state index contributed by atoms with van der Waals surface area (Å²) in [6, 6.07) is 30.8. The maximum atomic E-state index is 14.1. The fourth-order valence-electron chi connectivity index (χ4n) is 3.88. The van der Waals surface area contributed by atoms with E-state index in [2.05, 4.69) is 10.3 Å². The molecule has 0 aliphatic carbocycles. The summed E-state index contributed by atoms with van der Waals surface area (Å²) < 4.78 is 5.13. The molecule has 0 fully saturated rings. The number of ether oxygens (including phenoxy) is 1. The van der Waals surface area contributed by atoms with Gasteiger partial charge in [-0.05, 0) is 41.3 Å². The van der Waals surface area contributed by atoms with Crippen molar-refractivity contribution < 1.29 is 9.53 Å². The van der Waals surface area contributed by atoms with Crippen LogP contribution in [0.25, 0.3) is 0 Å². The Morgan fingerprint density at radius 3 is 1.97 bits per heavy atom. The fraction of sp³-hybridized carbons (Fsp3) is 0.111. The van der Waals surface area contributed by atoms with Gasteiger partial charge in [-0.25, -0.2) is 4.98 Å². The van der Waals surface area contributed by atoms with Gasteiger partial charge in [-0.15, -0.1) is 0 Å². The molecular formula is C27H23ClN2O2. The smallest absolute Gasteiger partial charge is 0.239 e. The summed E-state index contributed by atoms with van der Waals surface area (Å²) in [6.45, 7) is 0. The van der Waals surface area contributed by atoms with Crippen LogP contribution in [0.1, 0.15) is 16.7 Å². The van der Waals surface area contributed by atoms with Gasteiger partial charge in [-0.1, -0.05) is 84.4 Å². The van der Waals surface area contributed by atoms with Crippen molar-refractivity contribution in [2.45, 2.75) is 11.8 Å². The molecule has 0 bridgehead atoms. The van der Waals surface area contributed by atoms with E-state index in [0.29, 0.717) is 23.0 Å². The molecule has 5 heteroatoms. The number of nitrogens with zero attached hydrogens (tertiary/aromatic N) is 1. The van der Waals surface area contributed by atoms with Gasteiger partial charge in [-0.3, -0.25) is 4.79 Å². The van der Waals surface area contributed by atoms with Crippen LogP contribution in [0.4, 0.5) is 5.69 Å². The highest BCUT2D eigenvalue weighted by molar-refractivity contribution is 6.30. The second kappa shape index (κ2) is 9.67. The average Bonchev–Trinajstić information content (AvgIpc) is 2.85. The van der Waals surface area contributed by atoms with Gasteiger partial charge in [0.05, 0.1) is 19.0 Å².